The van der Waals surface area contributed by atoms with Crippen LogP contribution < -0.4 is 14.9 Å². The number of phenolic OH excluding ortho intramolecular Hbond substituents is 1. The third-order valence-corrected chi connectivity index (χ3v) is 7.12. The first-order valence-electron chi connectivity index (χ1n) is 11.4. The molecule has 1 aliphatic rings. The van der Waals surface area contributed by atoms with E-state index in [-0.39, 0.29) is 17.9 Å². The van der Waals surface area contributed by atoms with Crippen molar-refractivity contribution in [2.75, 3.05) is 6.61 Å². The van der Waals surface area contributed by atoms with E-state index in [1.165, 1.54) is 11.3 Å². The van der Waals surface area contributed by atoms with Crippen LogP contribution in [0.2, 0.25) is 0 Å². The molecule has 0 unspecified atom stereocenters. The van der Waals surface area contributed by atoms with Gasteiger partial charge in [0.15, 0.2) is 4.80 Å². The van der Waals surface area contributed by atoms with E-state index in [4.69, 9.17) is 4.74 Å². The van der Waals surface area contributed by atoms with Gasteiger partial charge in [0, 0.05) is 5.56 Å². The molecule has 0 aliphatic carbocycles. The molecule has 176 valence electrons. The summed E-state index contributed by atoms with van der Waals surface area (Å²) in [6.45, 7) is 5.72. The highest BCUT2D eigenvalue weighted by Crippen LogP contribution is 2.31. The molecular formula is C28H24N2O4S. The number of ether oxygens (including phenoxy) is 1. The third kappa shape index (κ3) is 3.98. The van der Waals surface area contributed by atoms with Gasteiger partial charge in [-0.2, -0.15) is 0 Å². The van der Waals surface area contributed by atoms with Gasteiger partial charge in [-0.25, -0.2) is 9.79 Å². The number of aryl methyl sites for hydroxylation is 1. The zero-order chi connectivity index (χ0) is 24.7. The Labute approximate surface area is 205 Å². The molecule has 35 heavy (non-hydrogen) atoms. The minimum absolute atomic E-state index is 0.0908. The van der Waals surface area contributed by atoms with Crippen LogP contribution >= 0.6 is 11.3 Å². The number of carbonyl (C=O) groups excluding carboxylic acids is 1. The molecule has 1 aliphatic heterocycles. The quantitative estimate of drug-likeness (QED) is 0.445. The second-order valence-electron chi connectivity index (χ2n) is 8.43. The Morgan fingerprint density at radius 3 is 2.60 bits per heavy atom. The van der Waals surface area contributed by atoms with Crippen molar-refractivity contribution in [3.05, 3.63) is 108 Å². The maximum absolute atomic E-state index is 13.8. The van der Waals surface area contributed by atoms with Gasteiger partial charge >= 0.3 is 5.97 Å². The number of thiazole rings is 1. The van der Waals surface area contributed by atoms with Crippen molar-refractivity contribution in [1.29, 1.82) is 0 Å². The van der Waals surface area contributed by atoms with Crippen molar-refractivity contribution in [2.24, 2.45) is 4.99 Å². The fourth-order valence-electron chi connectivity index (χ4n) is 4.42. The lowest BCUT2D eigenvalue weighted by Crippen LogP contribution is -2.39. The first-order chi connectivity index (χ1) is 16.9. The van der Waals surface area contributed by atoms with Gasteiger partial charge in [0.05, 0.1) is 28.5 Å². The van der Waals surface area contributed by atoms with E-state index >= 15 is 0 Å². The van der Waals surface area contributed by atoms with Crippen LogP contribution in [-0.2, 0) is 9.53 Å². The molecule has 2 heterocycles. The standard InChI is InChI=1S/C28H24N2O4S/c1-4-34-27(33)24-17(3)29-28-30(25(24)19-11-9-16(2)10-12-19)26(32)23(35-28)15-21-20-8-6-5-7-18(20)13-14-22(21)31/h5-15,25,31H,4H2,1-3H3/b23-15-/t25-/m1/s1. The minimum atomic E-state index is -0.658. The van der Waals surface area contributed by atoms with Gasteiger partial charge in [-0.05, 0) is 49.2 Å². The van der Waals surface area contributed by atoms with Gasteiger partial charge in [0.2, 0.25) is 0 Å². The van der Waals surface area contributed by atoms with Gasteiger partial charge < -0.3 is 9.84 Å². The third-order valence-electron chi connectivity index (χ3n) is 6.13. The first-order valence-corrected chi connectivity index (χ1v) is 12.2. The summed E-state index contributed by atoms with van der Waals surface area (Å²) < 4.78 is 7.32. The smallest absolute Gasteiger partial charge is 0.338 e. The van der Waals surface area contributed by atoms with E-state index in [0.29, 0.717) is 26.2 Å². The van der Waals surface area contributed by atoms with Crippen LogP contribution in [0, 0.1) is 6.92 Å². The van der Waals surface area contributed by atoms with Crippen LogP contribution in [0.15, 0.2) is 81.7 Å². The Bertz CT molecular complexity index is 1680. The van der Waals surface area contributed by atoms with Gasteiger partial charge in [0.25, 0.3) is 5.56 Å². The zero-order valence-electron chi connectivity index (χ0n) is 19.6. The summed E-state index contributed by atoms with van der Waals surface area (Å²) in [4.78, 5) is 31.9. The summed E-state index contributed by atoms with van der Waals surface area (Å²) in [5.74, 6) is -0.395. The molecule has 5 rings (SSSR count). The predicted octanol–water partition coefficient (Wildman–Crippen LogP) is 3.97. The van der Waals surface area contributed by atoms with Gasteiger partial charge in [-0.15, -0.1) is 0 Å². The monoisotopic (exact) mass is 484 g/mol. The molecule has 0 spiro atoms. The molecule has 0 bridgehead atoms. The molecule has 0 radical (unpaired) electrons. The molecule has 7 heteroatoms. The molecule has 1 aromatic heterocycles. The van der Waals surface area contributed by atoms with Crippen LogP contribution in [0.4, 0.5) is 0 Å². The number of nitrogens with zero attached hydrogens (tertiary/aromatic N) is 2. The number of benzene rings is 3. The van der Waals surface area contributed by atoms with Crippen molar-refractivity contribution in [2.45, 2.75) is 26.8 Å². The van der Waals surface area contributed by atoms with Crippen LogP contribution in [0.3, 0.4) is 0 Å². The van der Waals surface area contributed by atoms with Crippen molar-refractivity contribution < 1.29 is 14.6 Å². The van der Waals surface area contributed by atoms with E-state index in [1.54, 1.807) is 30.6 Å². The minimum Gasteiger partial charge on any atom is -0.507 e. The number of fused-ring (bicyclic) bond motifs is 2. The Morgan fingerprint density at radius 2 is 1.86 bits per heavy atom. The molecule has 6 nitrogen and oxygen atoms in total. The number of esters is 1. The van der Waals surface area contributed by atoms with Crippen LogP contribution in [-0.4, -0.2) is 22.2 Å². The van der Waals surface area contributed by atoms with Gasteiger partial charge in [-0.1, -0.05) is 71.5 Å². The van der Waals surface area contributed by atoms with E-state index in [0.717, 1.165) is 21.9 Å². The zero-order valence-corrected chi connectivity index (χ0v) is 20.4. The summed E-state index contributed by atoms with van der Waals surface area (Å²) >= 11 is 1.24. The summed E-state index contributed by atoms with van der Waals surface area (Å²) in [6.07, 6.45) is 1.71. The summed E-state index contributed by atoms with van der Waals surface area (Å²) in [5, 5.41) is 12.4. The number of allylic oxidation sites excluding steroid dienone is 1. The van der Waals surface area contributed by atoms with Crippen molar-refractivity contribution >= 4 is 34.2 Å². The number of hydrogen-bond acceptors (Lipinski definition) is 6. The second-order valence-corrected chi connectivity index (χ2v) is 9.44. The number of carbonyl (C=O) groups is 1. The Balaban J connectivity index is 1.77. The molecule has 3 aromatic carbocycles. The lowest BCUT2D eigenvalue weighted by molar-refractivity contribution is -0.139. The molecule has 0 saturated carbocycles. The topological polar surface area (TPSA) is 80.9 Å². The maximum Gasteiger partial charge on any atom is 0.338 e. The predicted molar refractivity (Wildman–Crippen MR) is 137 cm³/mol. The van der Waals surface area contributed by atoms with E-state index in [1.807, 2.05) is 61.5 Å². The fourth-order valence-corrected chi connectivity index (χ4v) is 5.45. The van der Waals surface area contributed by atoms with Crippen molar-refractivity contribution in [1.82, 2.24) is 4.57 Å². The summed E-state index contributed by atoms with van der Waals surface area (Å²) in [5.41, 5.74) is 3.04. The molecular weight excluding hydrogens is 460 g/mol. The number of aromatic hydroxyl groups is 1. The summed E-state index contributed by atoms with van der Waals surface area (Å²) in [6, 6.07) is 18.3. The van der Waals surface area contributed by atoms with Gasteiger partial charge in [-0.3, -0.25) is 9.36 Å². The number of hydrogen-bond donors (Lipinski definition) is 1. The normalized spacial score (nSPS) is 15.7. The van der Waals surface area contributed by atoms with E-state index < -0.39 is 12.0 Å². The molecule has 0 fully saturated rings. The number of aromatic nitrogens is 1. The Hall–Kier alpha value is -3.97. The van der Waals surface area contributed by atoms with E-state index in [2.05, 4.69) is 4.99 Å². The molecule has 1 N–H and O–H groups in total. The molecule has 0 amide bonds. The Kier molecular flexibility index (Phi) is 5.86. The van der Waals surface area contributed by atoms with Crippen LogP contribution in [0.5, 0.6) is 5.75 Å². The highest BCUT2D eigenvalue weighted by atomic mass is 32.1. The van der Waals surface area contributed by atoms with E-state index in [9.17, 15) is 14.7 Å². The molecule has 1 atom stereocenters. The number of phenols is 1. The average Bonchev–Trinajstić information content (AvgIpc) is 3.15. The fraction of sp³-hybridized carbons (Fsp3) is 0.179. The first kappa shape index (κ1) is 22.8. The summed E-state index contributed by atoms with van der Waals surface area (Å²) in [7, 11) is 0. The lowest BCUT2D eigenvalue weighted by Gasteiger charge is -2.24. The largest absolute Gasteiger partial charge is 0.507 e. The maximum atomic E-state index is 13.8. The SMILES string of the molecule is CCOC(=O)C1=C(C)N=c2s/c(=C\c3c(O)ccc4ccccc34)c(=O)n2[C@@H]1c1ccc(C)cc1. The van der Waals surface area contributed by atoms with Crippen molar-refractivity contribution in [3.63, 3.8) is 0 Å². The van der Waals surface area contributed by atoms with Crippen LogP contribution in [0.1, 0.15) is 36.6 Å². The molecule has 0 saturated heterocycles. The lowest BCUT2D eigenvalue weighted by atomic mass is 9.95. The van der Waals surface area contributed by atoms with Crippen LogP contribution in [0.25, 0.3) is 16.8 Å². The van der Waals surface area contributed by atoms with Gasteiger partial charge in [0.1, 0.15) is 5.75 Å². The Morgan fingerprint density at radius 1 is 1.11 bits per heavy atom. The second kappa shape index (κ2) is 9.00. The van der Waals surface area contributed by atoms with Crippen molar-refractivity contribution in [3.8, 4) is 5.75 Å². The number of rotatable bonds is 4. The highest BCUT2D eigenvalue weighted by Gasteiger charge is 2.33. The molecule has 4 aromatic rings. The average molecular weight is 485 g/mol. The highest BCUT2D eigenvalue weighted by molar-refractivity contribution is 7.07.